The van der Waals surface area contributed by atoms with Gasteiger partial charge in [0.15, 0.2) is 0 Å². The minimum absolute atomic E-state index is 0.613. The van der Waals surface area contributed by atoms with Gasteiger partial charge in [-0.1, -0.05) is 23.7 Å². The molecular weight excluding hydrogens is 298 g/mol. The van der Waals surface area contributed by atoms with E-state index in [0.29, 0.717) is 11.8 Å². The Morgan fingerprint density at radius 2 is 2.29 bits per heavy atom. The van der Waals surface area contributed by atoms with Gasteiger partial charge < -0.3 is 5.32 Å². The van der Waals surface area contributed by atoms with Crippen LogP contribution in [0.3, 0.4) is 0 Å². The van der Waals surface area contributed by atoms with Crippen LogP contribution >= 0.6 is 22.9 Å². The van der Waals surface area contributed by atoms with Crippen molar-refractivity contribution in [1.29, 1.82) is 0 Å². The summed E-state index contributed by atoms with van der Waals surface area (Å²) in [7, 11) is 2.05. The van der Waals surface area contributed by atoms with Crippen LogP contribution in [0.15, 0.2) is 35.7 Å². The van der Waals surface area contributed by atoms with Crippen LogP contribution in [0, 0.1) is 0 Å². The molecule has 0 bridgehead atoms. The summed E-state index contributed by atoms with van der Waals surface area (Å²) in [4.78, 5) is 1.51. The molecule has 112 valence electrons. The van der Waals surface area contributed by atoms with Crippen LogP contribution in [0.5, 0.6) is 0 Å². The molecule has 1 aliphatic rings. The maximum atomic E-state index is 6.15. The number of aryl methyl sites for hydroxylation is 1. The Hall–Kier alpha value is -0.830. The third-order valence-corrected chi connectivity index (χ3v) is 5.78. The Bertz CT molecular complexity index is 579. The molecule has 0 saturated heterocycles. The zero-order valence-corrected chi connectivity index (χ0v) is 14.0. The van der Waals surface area contributed by atoms with Crippen LogP contribution in [-0.4, -0.2) is 13.6 Å². The lowest BCUT2D eigenvalue weighted by Crippen LogP contribution is -2.20. The molecular formula is C18H22ClNS. The van der Waals surface area contributed by atoms with Gasteiger partial charge in [-0.15, -0.1) is 11.3 Å². The second-order valence-corrected chi connectivity index (χ2v) is 7.35. The van der Waals surface area contributed by atoms with Crippen molar-refractivity contribution in [3.8, 4) is 0 Å². The average molecular weight is 320 g/mol. The highest BCUT2D eigenvalue weighted by Crippen LogP contribution is 2.40. The van der Waals surface area contributed by atoms with Gasteiger partial charge in [-0.25, -0.2) is 0 Å². The first-order chi connectivity index (χ1) is 10.3. The van der Waals surface area contributed by atoms with Gasteiger partial charge in [-0.05, 0) is 73.4 Å². The molecule has 3 heteroatoms. The summed E-state index contributed by atoms with van der Waals surface area (Å²) in [5.41, 5.74) is 3.00. The number of fused-ring (bicyclic) bond motifs is 1. The van der Waals surface area contributed by atoms with E-state index < -0.39 is 0 Å². The van der Waals surface area contributed by atoms with Crippen LogP contribution in [0.4, 0.5) is 0 Å². The van der Waals surface area contributed by atoms with Gasteiger partial charge in [0.1, 0.15) is 0 Å². The summed E-state index contributed by atoms with van der Waals surface area (Å²) in [6, 6.07) is 10.9. The van der Waals surface area contributed by atoms with E-state index in [-0.39, 0.29) is 0 Å². The SMILES string of the molecule is CNCC(CC1CCCc2cc(Cl)ccc21)c1cccs1. The molecule has 2 atom stereocenters. The van der Waals surface area contributed by atoms with Gasteiger partial charge in [-0.2, -0.15) is 0 Å². The Labute approximate surface area is 136 Å². The Morgan fingerprint density at radius 3 is 3.05 bits per heavy atom. The molecule has 1 heterocycles. The highest BCUT2D eigenvalue weighted by molar-refractivity contribution is 7.10. The van der Waals surface area contributed by atoms with Crippen molar-refractivity contribution in [2.75, 3.05) is 13.6 Å². The lowest BCUT2D eigenvalue weighted by molar-refractivity contribution is 0.464. The number of halogens is 1. The monoisotopic (exact) mass is 319 g/mol. The van der Waals surface area contributed by atoms with Crippen molar-refractivity contribution in [2.45, 2.75) is 37.5 Å². The van der Waals surface area contributed by atoms with E-state index in [9.17, 15) is 0 Å². The van der Waals surface area contributed by atoms with Crippen molar-refractivity contribution in [3.05, 3.63) is 56.7 Å². The first-order valence-corrected chi connectivity index (χ1v) is 9.00. The van der Waals surface area contributed by atoms with E-state index in [1.54, 1.807) is 0 Å². The fourth-order valence-corrected chi connectivity index (χ4v) is 4.58. The van der Waals surface area contributed by atoms with E-state index >= 15 is 0 Å². The topological polar surface area (TPSA) is 12.0 Å². The van der Waals surface area contributed by atoms with Crippen LogP contribution in [0.2, 0.25) is 5.02 Å². The predicted molar refractivity (Wildman–Crippen MR) is 92.7 cm³/mol. The minimum atomic E-state index is 0.613. The summed E-state index contributed by atoms with van der Waals surface area (Å²) < 4.78 is 0. The third kappa shape index (κ3) is 3.50. The molecule has 0 aliphatic heterocycles. The number of thiophene rings is 1. The second-order valence-electron chi connectivity index (χ2n) is 5.94. The second kappa shape index (κ2) is 6.95. The summed E-state index contributed by atoms with van der Waals surface area (Å²) >= 11 is 8.03. The molecule has 1 aromatic heterocycles. The lowest BCUT2D eigenvalue weighted by Gasteiger charge is -2.29. The molecule has 0 radical (unpaired) electrons. The Kier molecular flexibility index (Phi) is 4.99. The molecule has 0 amide bonds. The van der Waals surface area contributed by atoms with Gasteiger partial charge in [0.05, 0.1) is 0 Å². The fourth-order valence-electron chi connectivity index (χ4n) is 3.54. The third-order valence-electron chi connectivity index (χ3n) is 4.51. The fraction of sp³-hybridized carbons (Fsp3) is 0.444. The van der Waals surface area contributed by atoms with Gasteiger partial charge in [-0.3, -0.25) is 0 Å². The number of nitrogens with one attached hydrogen (secondary N) is 1. The quantitative estimate of drug-likeness (QED) is 0.797. The van der Waals surface area contributed by atoms with Crippen LogP contribution < -0.4 is 5.32 Å². The molecule has 2 aromatic rings. The first-order valence-electron chi connectivity index (χ1n) is 7.74. The number of rotatable bonds is 5. The molecule has 1 aromatic carbocycles. The molecule has 1 N–H and O–H groups in total. The molecule has 1 nitrogen and oxygen atoms in total. The van der Waals surface area contributed by atoms with E-state index in [1.165, 1.54) is 41.7 Å². The maximum absolute atomic E-state index is 6.15. The van der Waals surface area contributed by atoms with Crippen LogP contribution in [0.25, 0.3) is 0 Å². The maximum Gasteiger partial charge on any atom is 0.0408 e. The first kappa shape index (κ1) is 15.1. The zero-order valence-electron chi connectivity index (χ0n) is 12.4. The predicted octanol–water partition coefficient (Wildman–Crippen LogP) is 5.21. The molecule has 0 saturated carbocycles. The van der Waals surface area contributed by atoms with E-state index in [0.717, 1.165) is 11.6 Å². The number of benzene rings is 1. The van der Waals surface area contributed by atoms with Gasteiger partial charge in [0.2, 0.25) is 0 Å². The van der Waals surface area contributed by atoms with Crippen LogP contribution in [-0.2, 0) is 6.42 Å². The van der Waals surface area contributed by atoms with Gasteiger partial charge >= 0.3 is 0 Å². The van der Waals surface area contributed by atoms with Crippen LogP contribution in [0.1, 0.15) is 47.1 Å². The Morgan fingerprint density at radius 1 is 1.38 bits per heavy atom. The van der Waals surface area contributed by atoms with Crippen molar-refractivity contribution < 1.29 is 0 Å². The summed E-state index contributed by atoms with van der Waals surface area (Å²) in [6.07, 6.45) is 5.01. The molecule has 2 unspecified atom stereocenters. The largest absolute Gasteiger partial charge is 0.319 e. The zero-order chi connectivity index (χ0) is 14.7. The number of hydrogen-bond acceptors (Lipinski definition) is 2. The highest BCUT2D eigenvalue weighted by atomic mass is 35.5. The van der Waals surface area contributed by atoms with Gasteiger partial charge in [0, 0.05) is 22.4 Å². The lowest BCUT2D eigenvalue weighted by atomic mass is 9.78. The molecule has 0 fully saturated rings. The van der Waals surface area contributed by atoms with E-state index in [4.69, 9.17) is 11.6 Å². The summed E-state index contributed by atoms with van der Waals surface area (Å²) in [5, 5.41) is 6.43. The normalized spacial score (nSPS) is 19.2. The molecule has 3 rings (SSSR count). The van der Waals surface area contributed by atoms with Crippen molar-refractivity contribution in [1.82, 2.24) is 5.32 Å². The molecule has 1 aliphatic carbocycles. The number of likely N-dealkylation sites (N-methyl/N-ethyl adjacent to an activating group) is 1. The summed E-state index contributed by atoms with van der Waals surface area (Å²) in [5.74, 6) is 1.29. The van der Waals surface area contributed by atoms with E-state index in [1.807, 2.05) is 11.3 Å². The van der Waals surface area contributed by atoms with Crippen molar-refractivity contribution in [2.24, 2.45) is 0 Å². The smallest absolute Gasteiger partial charge is 0.0408 e. The Balaban J connectivity index is 1.81. The van der Waals surface area contributed by atoms with Crippen molar-refractivity contribution >= 4 is 22.9 Å². The number of hydrogen-bond donors (Lipinski definition) is 1. The minimum Gasteiger partial charge on any atom is -0.319 e. The standard InChI is InChI=1S/C18H22ClNS/c1-20-12-15(18-6-3-9-21-18)10-13-4-2-5-14-11-16(19)7-8-17(13)14/h3,6-9,11,13,15,20H,2,4-5,10,12H2,1H3. The average Bonchev–Trinajstić information content (AvgIpc) is 3.01. The van der Waals surface area contributed by atoms with E-state index in [2.05, 4.69) is 48.1 Å². The molecule has 21 heavy (non-hydrogen) atoms. The highest BCUT2D eigenvalue weighted by Gasteiger charge is 2.24. The van der Waals surface area contributed by atoms with Gasteiger partial charge in [0.25, 0.3) is 0 Å². The van der Waals surface area contributed by atoms with Crippen molar-refractivity contribution in [3.63, 3.8) is 0 Å². The molecule has 0 spiro atoms. The summed E-state index contributed by atoms with van der Waals surface area (Å²) in [6.45, 7) is 1.06.